The minimum absolute atomic E-state index is 0.0197. The Bertz CT molecular complexity index is 1310. The van der Waals surface area contributed by atoms with Gasteiger partial charge in [0.25, 0.3) is 5.56 Å². The maximum Gasteiger partial charge on any atom is 0.255 e. The Labute approximate surface area is 199 Å². The summed E-state index contributed by atoms with van der Waals surface area (Å²) in [6.45, 7) is 0.349. The van der Waals surface area contributed by atoms with E-state index in [1.165, 1.54) is 22.0 Å². The highest BCUT2D eigenvalue weighted by atomic mass is 35.5. The fourth-order valence-corrected chi connectivity index (χ4v) is 4.33. The van der Waals surface area contributed by atoms with Crippen LogP contribution < -0.4 is 10.3 Å². The van der Waals surface area contributed by atoms with Gasteiger partial charge in [0.05, 0.1) is 39.2 Å². The van der Waals surface area contributed by atoms with Crippen molar-refractivity contribution in [3.05, 3.63) is 92.5 Å². The molecule has 0 aliphatic carbocycles. The predicted octanol–water partition coefficient (Wildman–Crippen LogP) is 4.31. The Kier molecular flexibility index (Phi) is 7.39. The number of pyridine rings is 1. The Balaban J connectivity index is 1.56. The average Bonchev–Trinajstić information content (AvgIpc) is 3.47. The van der Waals surface area contributed by atoms with E-state index in [4.69, 9.17) is 21.4 Å². The lowest BCUT2D eigenvalue weighted by Crippen LogP contribution is -2.16. The molecule has 4 aromatic rings. The molecule has 1 aromatic carbocycles. The Hall–Kier alpha value is -3.20. The van der Waals surface area contributed by atoms with Gasteiger partial charge in [0, 0.05) is 44.0 Å². The molecule has 0 spiro atoms. The first-order chi connectivity index (χ1) is 16.0. The molecule has 9 heteroatoms. The number of thiophene rings is 1. The van der Waals surface area contributed by atoms with Gasteiger partial charge in [-0.3, -0.25) is 14.2 Å². The Morgan fingerprint density at radius 3 is 2.82 bits per heavy atom. The molecular weight excluding hydrogens is 462 g/mol. The molecule has 1 N–H and O–H groups in total. The highest BCUT2D eigenvalue weighted by Gasteiger charge is 2.13. The maximum absolute atomic E-state index is 12.4. The number of ketones is 1. The molecule has 7 nitrogen and oxygen atoms in total. The fraction of sp³-hybridized carbons (Fsp3) is 0.208. The van der Waals surface area contributed by atoms with E-state index in [0.29, 0.717) is 46.5 Å². The molecule has 170 valence electrons. The molecule has 0 unspecified atom stereocenters. The van der Waals surface area contributed by atoms with Crippen LogP contribution in [-0.2, 0) is 6.42 Å². The van der Waals surface area contributed by atoms with Gasteiger partial charge in [0.1, 0.15) is 5.75 Å². The van der Waals surface area contributed by atoms with E-state index in [0.717, 1.165) is 11.4 Å². The molecule has 3 heterocycles. The lowest BCUT2D eigenvalue weighted by Gasteiger charge is -2.14. The summed E-state index contributed by atoms with van der Waals surface area (Å²) in [6.07, 6.45) is 6.55. The van der Waals surface area contributed by atoms with Crippen LogP contribution in [0.5, 0.6) is 5.75 Å². The van der Waals surface area contributed by atoms with Crippen LogP contribution in [0.2, 0.25) is 4.34 Å². The normalized spacial score (nSPS) is 11.0. The molecule has 0 amide bonds. The number of hydrogen-bond acceptors (Lipinski definition) is 6. The first-order valence-corrected chi connectivity index (χ1v) is 11.6. The van der Waals surface area contributed by atoms with Crippen molar-refractivity contribution >= 4 is 28.7 Å². The highest BCUT2D eigenvalue weighted by Crippen LogP contribution is 2.27. The van der Waals surface area contributed by atoms with Crippen molar-refractivity contribution in [3.63, 3.8) is 0 Å². The number of imidazole rings is 1. The lowest BCUT2D eigenvalue weighted by molar-refractivity contribution is 0.0986. The van der Waals surface area contributed by atoms with Crippen molar-refractivity contribution in [1.29, 1.82) is 0 Å². The SMILES string of the molecule is O=C(CCc1cn(-c2ccc(-n3ccccc3=O)cc2OCCCO)cn1)c1ccc(Cl)s1. The number of carbonyl (C=O) groups excluding carboxylic acids is 1. The van der Waals surface area contributed by atoms with E-state index in [1.807, 2.05) is 22.9 Å². The second kappa shape index (κ2) is 10.6. The molecule has 0 fully saturated rings. The number of hydrogen-bond donors (Lipinski definition) is 1. The van der Waals surface area contributed by atoms with Crippen molar-refractivity contribution in [2.24, 2.45) is 0 Å². The maximum atomic E-state index is 12.4. The van der Waals surface area contributed by atoms with Crippen LogP contribution in [0.3, 0.4) is 0 Å². The van der Waals surface area contributed by atoms with Gasteiger partial charge in [0.2, 0.25) is 0 Å². The topological polar surface area (TPSA) is 86.4 Å². The van der Waals surface area contributed by atoms with Gasteiger partial charge in [0.15, 0.2) is 5.78 Å². The van der Waals surface area contributed by atoms with Crippen LogP contribution in [-0.4, -0.2) is 38.2 Å². The smallest absolute Gasteiger partial charge is 0.255 e. The van der Waals surface area contributed by atoms with Gasteiger partial charge in [-0.1, -0.05) is 17.7 Å². The molecule has 0 bridgehead atoms. The third kappa shape index (κ3) is 5.60. The first-order valence-electron chi connectivity index (χ1n) is 10.4. The van der Waals surface area contributed by atoms with E-state index >= 15 is 0 Å². The summed E-state index contributed by atoms with van der Waals surface area (Å²) in [5.74, 6) is 0.595. The number of ether oxygens (including phenoxy) is 1. The van der Waals surface area contributed by atoms with Gasteiger partial charge < -0.3 is 14.4 Å². The van der Waals surface area contributed by atoms with Crippen molar-refractivity contribution in [1.82, 2.24) is 14.1 Å². The van der Waals surface area contributed by atoms with E-state index in [-0.39, 0.29) is 17.9 Å². The van der Waals surface area contributed by atoms with Gasteiger partial charge >= 0.3 is 0 Å². The largest absolute Gasteiger partial charge is 0.491 e. The predicted molar refractivity (Wildman–Crippen MR) is 128 cm³/mol. The number of nitrogens with zero attached hydrogens (tertiary/aromatic N) is 3. The summed E-state index contributed by atoms with van der Waals surface area (Å²) in [5, 5.41) is 9.12. The number of aryl methyl sites for hydroxylation is 1. The van der Waals surface area contributed by atoms with Gasteiger partial charge in [-0.2, -0.15) is 0 Å². The number of carbonyl (C=O) groups is 1. The van der Waals surface area contributed by atoms with Gasteiger partial charge in [-0.05, 0) is 36.8 Å². The van der Waals surface area contributed by atoms with E-state index in [2.05, 4.69) is 4.98 Å². The first kappa shape index (κ1) is 23.0. The molecule has 0 aliphatic rings. The standard InChI is InChI=1S/C24H22ClN3O4S/c25-23-10-9-22(33-23)20(30)8-5-17-15-27(16-26-17)19-7-6-18(14-21(19)32-13-3-12-29)28-11-2-1-4-24(28)31/h1-2,4,6-7,9-11,14-16,29H,3,5,8,12-13H2. The number of aromatic nitrogens is 3. The number of benzene rings is 1. The molecule has 4 rings (SSSR count). The zero-order valence-electron chi connectivity index (χ0n) is 17.7. The van der Waals surface area contributed by atoms with Crippen LogP contribution in [0.25, 0.3) is 11.4 Å². The summed E-state index contributed by atoms with van der Waals surface area (Å²) < 4.78 is 9.87. The minimum atomic E-state index is -0.145. The van der Waals surface area contributed by atoms with E-state index < -0.39 is 0 Å². The monoisotopic (exact) mass is 483 g/mol. The zero-order chi connectivity index (χ0) is 23.2. The van der Waals surface area contributed by atoms with Crippen LogP contribution in [0.1, 0.15) is 28.2 Å². The summed E-state index contributed by atoms with van der Waals surface area (Å²) in [6, 6.07) is 13.9. The van der Waals surface area contributed by atoms with Crippen molar-refractivity contribution in [2.75, 3.05) is 13.2 Å². The number of Topliss-reactive ketones (excluding diaryl/α,β-unsaturated/α-hetero) is 1. The number of rotatable bonds is 10. The van der Waals surface area contributed by atoms with Crippen LogP contribution in [0.4, 0.5) is 0 Å². The van der Waals surface area contributed by atoms with Crippen LogP contribution >= 0.6 is 22.9 Å². The van der Waals surface area contributed by atoms with Gasteiger partial charge in [-0.25, -0.2) is 4.98 Å². The lowest BCUT2D eigenvalue weighted by atomic mass is 10.1. The second-order valence-corrected chi connectivity index (χ2v) is 9.00. The zero-order valence-corrected chi connectivity index (χ0v) is 19.3. The van der Waals surface area contributed by atoms with E-state index in [9.17, 15) is 9.59 Å². The number of halogens is 1. The minimum Gasteiger partial charge on any atom is -0.491 e. The molecule has 33 heavy (non-hydrogen) atoms. The number of aliphatic hydroxyl groups excluding tert-OH is 1. The summed E-state index contributed by atoms with van der Waals surface area (Å²) in [5.41, 5.74) is 2.04. The third-order valence-corrected chi connectivity index (χ3v) is 6.25. The molecule has 0 atom stereocenters. The molecule has 0 aliphatic heterocycles. The quantitative estimate of drug-likeness (QED) is 0.268. The summed E-state index contributed by atoms with van der Waals surface area (Å²) in [7, 11) is 0. The Morgan fingerprint density at radius 2 is 2.06 bits per heavy atom. The van der Waals surface area contributed by atoms with E-state index in [1.54, 1.807) is 42.9 Å². The molecule has 0 saturated carbocycles. The third-order valence-electron chi connectivity index (χ3n) is 4.97. The van der Waals surface area contributed by atoms with Gasteiger partial charge in [-0.15, -0.1) is 11.3 Å². The summed E-state index contributed by atoms with van der Waals surface area (Å²) >= 11 is 7.19. The molecule has 3 aromatic heterocycles. The van der Waals surface area contributed by atoms with Crippen molar-refractivity contribution in [2.45, 2.75) is 19.3 Å². The number of aliphatic hydroxyl groups is 1. The van der Waals surface area contributed by atoms with Crippen molar-refractivity contribution in [3.8, 4) is 17.1 Å². The summed E-state index contributed by atoms with van der Waals surface area (Å²) in [4.78, 5) is 29.7. The molecule has 0 radical (unpaired) electrons. The average molecular weight is 484 g/mol. The van der Waals surface area contributed by atoms with Crippen molar-refractivity contribution < 1.29 is 14.6 Å². The molecule has 0 saturated heterocycles. The molecular formula is C24H22ClN3O4S. The van der Waals surface area contributed by atoms with Crippen LogP contribution in [0, 0.1) is 0 Å². The fourth-order valence-electron chi connectivity index (χ4n) is 3.32. The second-order valence-electron chi connectivity index (χ2n) is 7.29. The Morgan fingerprint density at radius 1 is 1.18 bits per heavy atom. The van der Waals surface area contributed by atoms with Crippen LogP contribution in [0.15, 0.2) is 72.0 Å². The highest BCUT2D eigenvalue weighted by molar-refractivity contribution is 7.18.